The second-order valence-corrected chi connectivity index (χ2v) is 7.74. The first-order valence-corrected chi connectivity index (χ1v) is 9.64. The second-order valence-electron chi connectivity index (χ2n) is 6.00. The Balaban J connectivity index is 1.88. The number of rotatable bonds is 5. The van der Waals surface area contributed by atoms with Crippen LogP contribution in [0.15, 0.2) is 65.6 Å². The van der Waals surface area contributed by atoms with E-state index in [9.17, 15) is 8.42 Å². The Morgan fingerprint density at radius 2 is 1.69 bits per heavy atom. The summed E-state index contributed by atoms with van der Waals surface area (Å²) >= 11 is 0. The molecule has 0 atom stereocenters. The Hall–Kier alpha value is -2.88. The number of aromatic nitrogens is 1. The molecular weight excluding hydrogens is 346 g/mol. The van der Waals surface area contributed by atoms with Gasteiger partial charge in [0.2, 0.25) is 10.0 Å². The maximum absolute atomic E-state index is 12.6. The third kappa shape index (κ3) is 3.40. The number of nitrogens with zero attached hydrogens (tertiary/aromatic N) is 2. The third-order valence-corrected chi connectivity index (χ3v) is 5.76. The maximum atomic E-state index is 12.6. The van der Waals surface area contributed by atoms with Gasteiger partial charge in [0.25, 0.3) is 0 Å². The van der Waals surface area contributed by atoms with Gasteiger partial charge in [-0.15, -0.1) is 0 Å². The van der Waals surface area contributed by atoms with E-state index in [1.54, 1.807) is 12.1 Å². The molecule has 0 fully saturated rings. The predicted molar refractivity (Wildman–Crippen MR) is 100 cm³/mol. The number of hydrogen-bond acceptors (Lipinski definition) is 3. The first-order chi connectivity index (χ1) is 12.4. The second kappa shape index (κ2) is 7.16. The van der Waals surface area contributed by atoms with E-state index in [0.29, 0.717) is 0 Å². The van der Waals surface area contributed by atoms with Crippen LogP contribution in [0.4, 0.5) is 0 Å². The van der Waals surface area contributed by atoms with E-state index in [1.165, 1.54) is 12.1 Å². The highest BCUT2D eigenvalue weighted by atomic mass is 32.2. The molecule has 0 spiro atoms. The summed E-state index contributed by atoms with van der Waals surface area (Å²) in [5.74, 6) is 0. The predicted octanol–water partition coefficient (Wildman–Crippen LogP) is 3.44. The number of sulfonamides is 1. The van der Waals surface area contributed by atoms with Crippen LogP contribution in [0.5, 0.6) is 0 Å². The van der Waals surface area contributed by atoms with Crippen molar-refractivity contribution in [1.82, 2.24) is 9.29 Å². The van der Waals surface area contributed by atoms with Gasteiger partial charge in [-0.25, -0.2) is 13.1 Å². The van der Waals surface area contributed by atoms with Gasteiger partial charge in [-0.3, -0.25) is 0 Å². The van der Waals surface area contributed by atoms with Gasteiger partial charge in [-0.2, -0.15) is 5.26 Å². The quantitative estimate of drug-likeness (QED) is 0.752. The Bertz CT molecular complexity index is 1080. The molecule has 0 bridgehead atoms. The molecule has 1 N–H and O–H groups in total. The number of benzene rings is 2. The molecule has 0 unspecified atom stereocenters. The standard InChI is InChI=1S/C20H19N3O2S/c1-15-12-18(16(2)23(15)19-9-4-3-5-10-19)14-22-26(24,25)20-11-7-6-8-17(20)13-21/h3-12,22H,14H2,1-2H3. The summed E-state index contributed by atoms with van der Waals surface area (Å²) in [5.41, 5.74) is 4.07. The fourth-order valence-electron chi connectivity index (χ4n) is 3.03. The van der Waals surface area contributed by atoms with Gasteiger partial charge in [0.1, 0.15) is 6.07 Å². The highest BCUT2D eigenvalue weighted by Gasteiger charge is 2.19. The van der Waals surface area contributed by atoms with Crippen LogP contribution < -0.4 is 4.72 Å². The van der Waals surface area contributed by atoms with Crippen molar-refractivity contribution in [3.63, 3.8) is 0 Å². The first kappa shape index (κ1) is 17.9. The van der Waals surface area contributed by atoms with E-state index < -0.39 is 10.0 Å². The molecule has 132 valence electrons. The number of nitriles is 1. The zero-order chi connectivity index (χ0) is 18.7. The minimum Gasteiger partial charge on any atom is -0.318 e. The SMILES string of the molecule is Cc1cc(CNS(=O)(=O)c2ccccc2C#N)c(C)n1-c1ccccc1. The maximum Gasteiger partial charge on any atom is 0.242 e. The molecule has 0 amide bonds. The van der Waals surface area contributed by atoms with Crippen LogP contribution in [-0.2, 0) is 16.6 Å². The van der Waals surface area contributed by atoms with E-state index in [-0.39, 0.29) is 17.0 Å². The molecule has 1 heterocycles. The largest absolute Gasteiger partial charge is 0.318 e. The van der Waals surface area contributed by atoms with Crippen molar-refractivity contribution >= 4 is 10.0 Å². The van der Waals surface area contributed by atoms with Gasteiger partial charge < -0.3 is 4.57 Å². The fraction of sp³-hybridized carbons (Fsp3) is 0.150. The molecule has 0 aliphatic rings. The van der Waals surface area contributed by atoms with Crippen LogP contribution in [-0.4, -0.2) is 13.0 Å². The van der Waals surface area contributed by atoms with Crippen molar-refractivity contribution in [3.05, 3.63) is 83.2 Å². The number of aryl methyl sites for hydroxylation is 1. The smallest absolute Gasteiger partial charge is 0.242 e. The minimum absolute atomic E-state index is 0.000586. The van der Waals surface area contributed by atoms with Crippen molar-refractivity contribution < 1.29 is 8.42 Å². The Morgan fingerprint density at radius 3 is 2.38 bits per heavy atom. The normalized spacial score (nSPS) is 11.3. The molecule has 5 nitrogen and oxygen atoms in total. The van der Waals surface area contributed by atoms with Gasteiger partial charge in [-0.05, 0) is 49.7 Å². The summed E-state index contributed by atoms with van der Waals surface area (Å²) in [5, 5.41) is 9.13. The lowest BCUT2D eigenvalue weighted by molar-refractivity contribution is 0.581. The van der Waals surface area contributed by atoms with Gasteiger partial charge in [-0.1, -0.05) is 30.3 Å². The average Bonchev–Trinajstić information content (AvgIpc) is 2.94. The van der Waals surface area contributed by atoms with Gasteiger partial charge in [0, 0.05) is 23.6 Å². The molecule has 0 saturated heterocycles. The molecule has 3 rings (SSSR count). The van der Waals surface area contributed by atoms with Crippen LogP contribution in [0, 0.1) is 25.2 Å². The van der Waals surface area contributed by atoms with Crippen LogP contribution in [0.25, 0.3) is 5.69 Å². The molecule has 6 heteroatoms. The molecule has 0 saturated carbocycles. The van der Waals surface area contributed by atoms with Crippen LogP contribution in [0.1, 0.15) is 22.5 Å². The van der Waals surface area contributed by atoms with Crippen molar-refractivity contribution in [2.45, 2.75) is 25.3 Å². The van der Waals surface area contributed by atoms with Crippen molar-refractivity contribution in [1.29, 1.82) is 5.26 Å². The van der Waals surface area contributed by atoms with Gasteiger partial charge in [0.15, 0.2) is 0 Å². The lowest BCUT2D eigenvalue weighted by Crippen LogP contribution is -2.24. The Kier molecular flexibility index (Phi) is 4.94. The highest BCUT2D eigenvalue weighted by molar-refractivity contribution is 7.89. The molecule has 0 radical (unpaired) electrons. The topological polar surface area (TPSA) is 74.9 Å². The molecular formula is C20H19N3O2S. The number of hydrogen-bond donors (Lipinski definition) is 1. The summed E-state index contributed by atoms with van der Waals surface area (Å²) in [6.45, 7) is 4.12. The number of para-hydroxylation sites is 1. The summed E-state index contributed by atoms with van der Waals surface area (Å²) < 4.78 is 29.9. The van der Waals surface area contributed by atoms with Gasteiger partial charge in [0.05, 0.1) is 10.5 Å². The Labute approximate surface area is 153 Å². The zero-order valence-electron chi connectivity index (χ0n) is 14.6. The van der Waals surface area contributed by atoms with Crippen molar-refractivity contribution in [2.24, 2.45) is 0 Å². The van der Waals surface area contributed by atoms with Crippen LogP contribution in [0.3, 0.4) is 0 Å². The molecule has 1 aromatic heterocycles. The van der Waals surface area contributed by atoms with E-state index in [1.807, 2.05) is 56.3 Å². The van der Waals surface area contributed by atoms with E-state index in [2.05, 4.69) is 9.29 Å². The summed E-state index contributed by atoms with van der Waals surface area (Å²) in [6, 6.07) is 20.0. The molecule has 2 aromatic carbocycles. The summed E-state index contributed by atoms with van der Waals surface area (Å²) in [4.78, 5) is -0.000586. The highest BCUT2D eigenvalue weighted by Crippen LogP contribution is 2.21. The molecule has 0 aliphatic heterocycles. The molecule has 0 aliphatic carbocycles. The Morgan fingerprint density at radius 1 is 1.04 bits per heavy atom. The van der Waals surface area contributed by atoms with E-state index in [0.717, 1.165) is 22.6 Å². The van der Waals surface area contributed by atoms with E-state index in [4.69, 9.17) is 5.26 Å². The molecule has 26 heavy (non-hydrogen) atoms. The van der Waals surface area contributed by atoms with Crippen molar-refractivity contribution in [2.75, 3.05) is 0 Å². The minimum atomic E-state index is -3.77. The third-order valence-electron chi connectivity index (χ3n) is 4.30. The zero-order valence-corrected chi connectivity index (χ0v) is 15.4. The number of nitrogens with one attached hydrogen (secondary N) is 1. The first-order valence-electron chi connectivity index (χ1n) is 8.16. The summed E-state index contributed by atoms with van der Waals surface area (Å²) in [6.07, 6.45) is 0. The van der Waals surface area contributed by atoms with Crippen molar-refractivity contribution in [3.8, 4) is 11.8 Å². The average molecular weight is 365 g/mol. The monoisotopic (exact) mass is 365 g/mol. The van der Waals surface area contributed by atoms with Gasteiger partial charge >= 0.3 is 0 Å². The summed E-state index contributed by atoms with van der Waals surface area (Å²) in [7, 11) is -3.77. The lowest BCUT2D eigenvalue weighted by atomic mass is 10.2. The molecule has 3 aromatic rings. The lowest BCUT2D eigenvalue weighted by Gasteiger charge is -2.11. The van der Waals surface area contributed by atoms with E-state index >= 15 is 0 Å². The van der Waals surface area contributed by atoms with Crippen LogP contribution in [0.2, 0.25) is 0 Å². The fourth-order valence-corrected chi connectivity index (χ4v) is 4.19. The van der Waals surface area contributed by atoms with Crippen LogP contribution >= 0.6 is 0 Å².